The summed E-state index contributed by atoms with van der Waals surface area (Å²) in [6.07, 6.45) is 2.53. The number of phenols is 1. The number of phenolic OH excluding ortho intramolecular Hbond substituents is 1. The second-order valence-corrected chi connectivity index (χ2v) is 4.53. The van der Waals surface area contributed by atoms with Crippen molar-refractivity contribution in [1.82, 2.24) is 10.2 Å². The molecule has 1 heterocycles. The molecule has 1 fully saturated rings. The van der Waals surface area contributed by atoms with E-state index in [9.17, 15) is 9.50 Å². The van der Waals surface area contributed by atoms with Crippen molar-refractivity contribution in [2.75, 3.05) is 26.2 Å². The van der Waals surface area contributed by atoms with Crippen molar-refractivity contribution in [3.63, 3.8) is 0 Å². The third-order valence-electron chi connectivity index (χ3n) is 3.33. The third-order valence-corrected chi connectivity index (χ3v) is 3.33. The van der Waals surface area contributed by atoms with Crippen LogP contribution in [0, 0.1) is 5.82 Å². The van der Waals surface area contributed by atoms with Gasteiger partial charge in [-0.2, -0.15) is 0 Å². The molecule has 98 valence electrons. The zero-order valence-electron chi connectivity index (χ0n) is 10.4. The van der Waals surface area contributed by atoms with Gasteiger partial charge in [-0.25, -0.2) is 4.39 Å². The fourth-order valence-corrected chi connectivity index (χ4v) is 2.41. The summed E-state index contributed by atoms with van der Waals surface area (Å²) in [6.45, 7) is 7.41. The second kappa shape index (κ2) is 5.98. The maximum absolute atomic E-state index is 13.9. The molecule has 1 aromatic rings. The van der Waals surface area contributed by atoms with Gasteiger partial charge in [0.1, 0.15) is 11.6 Å². The Kier molecular flexibility index (Phi) is 4.33. The van der Waals surface area contributed by atoms with Crippen molar-refractivity contribution in [3.05, 3.63) is 42.2 Å². The summed E-state index contributed by atoms with van der Waals surface area (Å²) in [4.78, 5) is 2.26. The predicted octanol–water partition coefficient (Wildman–Crippen LogP) is 2.05. The second-order valence-electron chi connectivity index (χ2n) is 4.53. The molecule has 3 nitrogen and oxygen atoms in total. The van der Waals surface area contributed by atoms with Crippen molar-refractivity contribution >= 4 is 0 Å². The van der Waals surface area contributed by atoms with Crippen LogP contribution < -0.4 is 5.32 Å². The normalized spacial score (nSPS) is 18.5. The molecule has 1 atom stereocenters. The van der Waals surface area contributed by atoms with Crippen LogP contribution in [0.15, 0.2) is 30.9 Å². The number of aromatic hydroxyl groups is 1. The van der Waals surface area contributed by atoms with E-state index in [1.165, 1.54) is 12.1 Å². The summed E-state index contributed by atoms with van der Waals surface area (Å²) in [7, 11) is 0. The Labute approximate surface area is 107 Å². The molecular formula is C14H19FN2O. The van der Waals surface area contributed by atoms with E-state index in [-0.39, 0.29) is 17.6 Å². The molecule has 1 aliphatic heterocycles. The van der Waals surface area contributed by atoms with Gasteiger partial charge in [-0.1, -0.05) is 12.1 Å². The van der Waals surface area contributed by atoms with Crippen LogP contribution in [0.1, 0.15) is 18.0 Å². The molecule has 1 saturated heterocycles. The summed E-state index contributed by atoms with van der Waals surface area (Å²) in [5, 5.41) is 12.6. The molecule has 0 amide bonds. The monoisotopic (exact) mass is 250 g/mol. The Morgan fingerprint density at radius 3 is 2.78 bits per heavy atom. The van der Waals surface area contributed by atoms with E-state index in [0.29, 0.717) is 12.0 Å². The topological polar surface area (TPSA) is 35.5 Å². The number of hydrogen-bond acceptors (Lipinski definition) is 3. The molecule has 0 aliphatic carbocycles. The Morgan fingerprint density at radius 2 is 2.17 bits per heavy atom. The lowest BCUT2D eigenvalue weighted by molar-refractivity contribution is 0.171. The molecule has 2 N–H and O–H groups in total. The number of rotatable bonds is 4. The summed E-state index contributed by atoms with van der Waals surface area (Å²) in [5.41, 5.74) is 0.634. The Balaban J connectivity index is 2.24. The van der Waals surface area contributed by atoms with Crippen LogP contribution in [-0.4, -0.2) is 36.2 Å². The van der Waals surface area contributed by atoms with Gasteiger partial charge in [0.15, 0.2) is 0 Å². The zero-order chi connectivity index (χ0) is 13.0. The van der Waals surface area contributed by atoms with E-state index in [2.05, 4.69) is 16.8 Å². The van der Waals surface area contributed by atoms with E-state index in [1.807, 2.05) is 6.08 Å². The van der Waals surface area contributed by atoms with Crippen LogP contribution in [0.2, 0.25) is 0 Å². The van der Waals surface area contributed by atoms with Crippen LogP contribution >= 0.6 is 0 Å². The van der Waals surface area contributed by atoms with E-state index in [4.69, 9.17) is 0 Å². The number of hydrogen-bond donors (Lipinski definition) is 2. The zero-order valence-corrected chi connectivity index (χ0v) is 10.4. The number of halogens is 1. The molecule has 0 aromatic heterocycles. The standard InChI is InChI=1S/C14H19FN2O/c1-2-3-14(17-8-6-16-7-9-17)12-5-4-11(18)10-13(12)15/h2,4-5,10,14,16,18H,1,3,6-9H2/t14-/m1/s1. The molecule has 0 bridgehead atoms. The molecule has 2 rings (SSSR count). The van der Waals surface area contributed by atoms with Gasteiger partial charge in [0.05, 0.1) is 0 Å². The maximum atomic E-state index is 13.9. The highest BCUT2D eigenvalue weighted by molar-refractivity contribution is 5.30. The minimum Gasteiger partial charge on any atom is -0.508 e. The highest BCUT2D eigenvalue weighted by Gasteiger charge is 2.23. The van der Waals surface area contributed by atoms with Crippen LogP contribution in [0.5, 0.6) is 5.75 Å². The van der Waals surface area contributed by atoms with Crippen molar-refractivity contribution in [3.8, 4) is 5.75 Å². The van der Waals surface area contributed by atoms with Gasteiger partial charge >= 0.3 is 0 Å². The number of nitrogens with one attached hydrogen (secondary N) is 1. The van der Waals surface area contributed by atoms with Gasteiger partial charge in [-0.05, 0) is 12.5 Å². The van der Waals surface area contributed by atoms with Gasteiger partial charge in [0, 0.05) is 43.9 Å². The van der Waals surface area contributed by atoms with Crippen molar-refractivity contribution < 1.29 is 9.50 Å². The Bertz CT molecular complexity index is 416. The lowest BCUT2D eigenvalue weighted by Gasteiger charge is -2.35. The van der Waals surface area contributed by atoms with Gasteiger partial charge in [-0.15, -0.1) is 6.58 Å². The average molecular weight is 250 g/mol. The summed E-state index contributed by atoms with van der Waals surface area (Å²) in [6, 6.07) is 4.38. The maximum Gasteiger partial charge on any atom is 0.131 e. The molecule has 18 heavy (non-hydrogen) atoms. The molecule has 1 aliphatic rings. The molecule has 1 aromatic carbocycles. The molecule has 0 unspecified atom stereocenters. The van der Waals surface area contributed by atoms with E-state index >= 15 is 0 Å². The van der Waals surface area contributed by atoms with Gasteiger partial charge in [-0.3, -0.25) is 4.90 Å². The summed E-state index contributed by atoms with van der Waals surface area (Å²) in [5.74, 6) is -0.380. The van der Waals surface area contributed by atoms with Crippen LogP contribution in [-0.2, 0) is 0 Å². The van der Waals surface area contributed by atoms with Gasteiger partial charge < -0.3 is 10.4 Å². The van der Waals surface area contributed by atoms with Crippen LogP contribution in [0.25, 0.3) is 0 Å². The summed E-state index contributed by atoms with van der Waals surface area (Å²) < 4.78 is 13.9. The SMILES string of the molecule is C=CC[C@H](c1ccc(O)cc1F)N1CCNCC1. The highest BCUT2D eigenvalue weighted by atomic mass is 19.1. The average Bonchev–Trinajstić information content (AvgIpc) is 2.38. The first kappa shape index (κ1) is 13.1. The summed E-state index contributed by atoms with van der Waals surface area (Å²) >= 11 is 0. The first-order valence-electron chi connectivity index (χ1n) is 6.26. The predicted molar refractivity (Wildman–Crippen MR) is 70.1 cm³/mol. The molecule has 0 spiro atoms. The Hall–Kier alpha value is -1.39. The smallest absolute Gasteiger partial charge is 0.131 e. The van der Waals surface area contributed by atoms with E-state index in [1.54, 1.807) is 6.07 Å². The van der Waals surface area contributed by atoms with Crippen molar-refractivity contribution in [2.45, 2.75) is 12.5 Å². The molecule has 4 heteroatoms. The van der Waals surface area contributed by atoms with Crippen molar-refractivity contribution in [2.24, 2.45) is 0 Å². The minimum atomic E-state index is -0.347. The Morgan fingerprint density at radius 1 is 1.44 bits per heavy atom. The van der Waals surface area contributed by atoms with Crippen molar-refractivity contribution in [1.29, 1.82) is 0 Å². The fraction of sp³-hybridized carbons (Fsp3) is 0.429. The fourth-order valence-electron chi connectivity index (χ4n) is 2.41. The first-order valence-corrected chi connectivity index (χ1v) is 6.26. The third kappa shape index (κ3) is 2.89. The highest BCUT2D eigenvalue weighted by Crippen LogP contribution is 2.29. The molecule has 0 saturated carbocycles. The largest absolute Gasteiger partial charge is 0.508 e. The van der Waals surface area contributed by atoms with Crippen LogP contribution in [0.4, 0.5) is 4.39 Å². The number of benzene rings is 1. The molecule has 0 radical (unpaired) electrons. The number of piperazine rings is 1. The van der Waals surface area contributed by atoms with Gasteiger partial charge in [0.25, 0.3) is 0 Å². The van der Waals surface area contributed by atoms with E-state index < -0.39 is 0 Å². The number of nitrogens with zero attached hydrogens (tertiary/aromatic N) is 1. The van der Waals surface area contributed by atoms with Gasteiger partial charge in [0.2, 0.25) is 0 Å². The first-order chi connectivity index (χ1) is 8.72. The minimum absolute atomic E-state index is 0.00481. The lowest BCUT2D eigenvalue weighted by Crippen LogP contribution is -2.45. The quantitative estimate of drug-likeness (QED) is 0.803. The molecular weight excluding hydrogens is 231 g/mol. The van der Waals surface area contributed by atoms with Crippen LogP contribution in [0.3, 0.4) is 0 Å². The lowest BCUT2D eigenvalue weighted by atomic mass is 10.0. The van der Waals surface area contributed by atoms with E-state index in [0.717, 1.165) is 26.2 Å².